The summed E-state index contributed by atoms with van der Waals surface area (Å²) < 4.78 is 0. The Bertz CT molecular complexity index is 1120. The van der Waals surface area contributed by atoms with Crippen LogP contribution in [0.1, 0.15) is 32.3 Å². The highest BCUT2D eigenvalue weighted by atomic mass is 16.4. The molecule has 36 heavy (non-hydrogen) atoms. The lowest BCUT2D eigenvalue weighted by Crippen LogP contribution is -2.57. The fourth-order valence-corrected chi connectivity index (χ4v) is 3.51. The van der Waals surface area contributed by atoms with E-state index < -0.39 is 59.9 Å². The van der Waals surface area contributed by atoms with E-state index in [4.69, 9.17) is 16.6 Å². The maximum Gasteiger partial charge on any atom is 0.328 e. The van der Waals surface area contributed by atoms with Crippen molar-refractivity contribution in [3.8, 4) is 0 Å². The van der Waals surface area contributed by atoms with Gasteiger partial charge in [-0.25, -0.2) is 4.79 Å². The molecule has 196 valence electrons. The van der Waals surface area contributed by atoms with Crippen molar-refractivity contribution >= 4 is 40.5 Å². The summed E-state index contributed by atoms with van der Waals surface area (Å²) in [5.74, 6) is -4.52. The minimum atomic E-state index is -1.63. The average Bonchev–Trinajstić information content (AvgIpc) is 3.21. The molecule has 0 bridgehead atoms. The number of nitrogens with two attached hydrogens (primary N) is 2. The Morgan fingerprint density at radius 2 is 1.67 bits per heavy atom. The predicted octanol–water partition coefficient (Wildman–Crippen LogP) is -1.76. The number of carbonyl (C=O) groups is 5. The molecule has 0 aliphatic carbocycles. The third-order valence-corrected chi connectivity index (χ3v) is 5.56. The molecule has 0 radical (unpaired) electrons. The number of aliphatic carboxylic acids is 1. The van der Waals surface area contributed by atoms with Gasteiger partial charge >= 0.3 is 5.97 Å². The standard InChI is InChI=1S/C23H32N6O7/c1-11(27-21(33)15(24)9-13-10-26-16-6-4-3-5-14(13)16)20(32)28-17(7-8-18(25)31)22(34)29-19(12(2)30)23(35)36/h3-6,10-12,15,17,19,26,30H,7-9,24H2,1-2H3,(H2,25,31)(H,27,33)(H,28,32)(H,29,34)(H,35,36). The summed E-state index contributed by atoms with van der Waals surface area (Å²) in [7, 11) is 0. The second-order valence-corrected chi connectivity index (χ2v) is 8.53. The van der Waals surface area contributed by atoms with E-state index in [1.807, 2.05) is 24.3 Å². The minimum absolute atomic E-state index is 0.212. The van der Waals surface area contributed by atoms with Gasteiger partial charge in [0.1, 0.15) is 12.1 Å². The van der Waals surface area contributed by atoms with Crippen LogP contribution in [-0.4, -0.2) is 75.1 Å². The second-order valence-electron chi connectivity index (χ2n) is 8.53. The molecule has 0 saturated carbocycles. The lowest BCUT2D eigenvalue weighted by Gasteiger charge is -2.24. The molecule has 0 aliphatic heterocycles. The number of aliphatic hydroxyl groups excluding tert-OH is 1. The quantitative estimate of drug-likeness (QED) is 0.155. The number of fused-ring (bicyclic) bond motifs is 1. The Morgan fingerprint density at radius 1 is 1.00 bits per heavy atom. The maximum atomic E-state index is 12.7. The number of aliphatic hydroxyl groups is 1. The van der Waals surface area contributed by atoms with Crippen molar-refractivity contribution in [3.63, 3.8) is 0 Å². The number of para-hydroxylation sites is 1. The Balaban J connectivity index is 2.01. The first-order valence-electron chi connectivity index (χ1n) is 11.3. The van der Waals surface area contributed by atoms with Crippen LogP contribution in [0.25, 0.3) is 10.9 Å². The number of carboxylic acid groups (broad SMARTS) is 1. The molecular weight excluding hydrogens is 472 g/mol. The molecular formula is C23H32N6O7. The normalized spacial score (nSPS) is 15.2. The van der Waals surface area contributed by atoms with Gasteiger partial charge in [0.15, 0.2) is 6.04 Å². The fraction of sp³-hybridized carbons (Fsp3) is 0.435. The number of amides is 4. The van der Waals surface area contributed by atoms with E-state index in [-0.39, 0.29) is 19.3 Å². The van der Waals surface area contributed by atoms with Gasteiger partial charge in [0.25, 0.3) is 0 Å². The summed E-state index contributed by atoms with van der Waals surface area (Å²) in [4.78, 5) is 63.4. The van der Waals surface area contributed by atoms with Gasteiger partial charge in [0.05, 0.1) is 12.1 Å². The molecule has 0 fully saturated rings. The summed E-state index contributed by atoms with van der Waals surface area (Å²) >= 11 is 0. The summed E-state index contributed by atoms with van der Waals surface area (Å²) in [5, 5.41) is 26.6. The number of aromatic nitrogens is 1. The number of benzene rings is 1. The third kappa shape index (κ3) is 7.78. The number of H-pyrrole nitrogens is 1. The number of aromatic amines is 1. The van der Waals surface area contributed by atoms with Crippen molar-refractivity contribution in [1.82, 2.24) is 20.9 Å². The van der Waals surface area contributed by atoms with Crippen LogP contribution in [0.4, 0.5) is 0 Å². The number of primary amides is 1. The first-order valence-corrected chi connectivity index (χ1v) is 11.3. The van der Waals surface area contributed by atoms with Crippen LogP contribution in [0.2, 0.25) is 0 Å². The van der Waals surface area contributed by atoms with Gasteiger partial charge in [-0.1, -0.05) is 18.2 Å². The number of carbonyl (C=O) groups excluding carboxylic acids is 4. The predicted molar refractivity (Wildman–Crippen MR) is 129 cm³/mol. The van der Waals surface area contributed by atoms with E-state index in [0.29, 0.717) is 0 Å². The first kappa shape index (κ1) is 28.3. The zero-order chi connectivity index (χ0) is 27.0. The summed E-state index contributed by atoms with van der Waals surface area (Å²) in [6, 6.07) is 2.47. The smallest absolute Gasteiger partial charge is 0.328 e. The van der Waals surface area contributed by atoms with E-state index in [9.17, 15) is 29.1 Å². The summed E-state index contributed by atoms with van der Waals surface area (Å²) in [6.45, 7) is 2.55. The molecule has 5 atom stereocenters. The van der Waals surface area contributed by atoms with Gasteiger partial charge in [-0.15, -0.1) is 0 Å². The molecule has 2 aromatic rings. The lowest BCUT2D eigenvalue weighted by atomic mass is 10.0. The molecule has 1 aromatic heterocycles. The van der Waals surface area contributed by atoms with Crippen LogP contribution in [-0.2, 0) is 30.4 Å². The highest BCUT2D eigenvalue weighted by molar-refractivity contribution is 5.94. The number of carboxylic acids is 1. The van der Waals surface area contributed by atoms with E-state index >= 15 is 0 Å². The number of rotatable bonds is 13. The van der Waals surface area contributed by atoms with Crippen LogP contribution in [0.15, 0.2) is 30.5 Å². The summed E-state index contributed by atoms with van der Waals surface area (Å²) in [6.07, 6.45) is 0.0498. The monoisotopic (exact) mass is 504 g/mol. The molecule has 10 N–H and O–H groups in total. The highest BCUT2D eigenvalue weighted by Crippen LogP contribution is 2.18. The lowest BCUT2D eigenvalue weighted by molar-refractivity contribution is -0.145. The molecule has 2 rings (SSSR count). The zero-order valence-electron chi connectivity index (χ0n) is 20.0. The molecule has 4 amide bonds. The molecule has 0 spiro atoms. The van der Waals surface area contributed by atoms with Gasteiger partial charge in [-0.3, -0.25) is 19.2 Å². The largest absolute Gasteiger partial charge is 0.480 e. The van der Waals surface area contributed by atoms with E-state index in [2.05, 4.69) is 20.9 Å². The van der Waals surface area contributed by atoms with Crippen LogP contribution in [0.5, 0.6) is 0 Å². The molecule has 0 saturated heterocycles. The van der Waals surface area contributed by atoms with Crippen molar-refractivity contribution in [2.45, 2.75) is 63.4 Å². The summed E-state index contributed by atoms with van der Waals surface area (Å²) in [5.41, 5.74) is 12.9. The van der Waals surface area contributed by atoms with Crippen molar-refractivity contribution < 1.29 is 34.2 Å². The minimum Gasteiger partial charge on any atom is -0.480 e. The first-order chi connectivity index (χ1) is 16.9. The van der Waals surface area contributed by atoms with Crippen LogP contribution >= 0.6 is 0 Å². The van der Waals surface area contributed by atoms with Gasteiger partial charge < -0.3 is 42.6 Å². The fourth-order valence-electron chi connectivity index (χ4n) is 3.51. The number of hydrogen-bond acceptors (Lipinski definition) is 7. The van der Waals surface area contributed by atoms with Crippen molar-refractivity contribution in [2.75, 3.05) is 0 Å². The molecule has 1 aromatic carbocycles. The van der Waals surface area contributed by atoms with Crippen molar-refractivity contribution in [3.05, 3.63) is 36.0 Å². The maximum absolute atomic E-state index is 12.7. The van der Waals surface area contributed by atoms with Gasteiger partial charge in [-0.2, -0.15) is 0 Å². The average molecular weight is 505 g/mol. The Labute approximate surface area is 207 Å². The molecule has 1 heterocycles. The zero-order valence-corrected chi connectivity index (χ0v) is 20.0. The van der Waals surface area contributed by atoms with Gasteiger partial charge in [0, 0.05) is 23.5 Å². The van der Waals surface area contributed by atoms with E-state index in [1.54, 1.807) is 6.20 Å². The second kappa shape index (κ2) is 12.7. The third-order valence-electron chi connectivity index (χ3n) is 5.56. The van der Waals surface area contributed by atoms with Gasteiger partial charge in [0.2, 0.25) is 23.6 Å². The number of nitrogens with one attached hydrogen (secondary N) is 4. The molecule has 13 heteroatoms. The molecule has 0 aliphatic rings. The molecule has 5 unspecified atom stereocenters. The topological polar surface area (TPSA) is 230 Å². The van der Waals surface area contributed by atoms with Crippen LogP contribution in [0, 0.1) is 0 Å². The SMILES string of the molecule is CC(NC(=O)C(N)Cc1c[nH]c2ccccc12)C(=O)NC(CCC(N)=O)C(=O)NC(C(=O)O)C(C)O. The molecule has 13 nitrogen and oxygen atoms in total. The number of hydrogen-bond donors (Lipinski definition) is 8. The Morgan fingerprint density at radius 3 is 2.28 bits per heavy atom. The van der Waals surface area contributed by atoms with Crippen LogP contribution in [0.3, 0.4) is 0 Å². The van der Waals surface area contributed by atoms with E-state index in [1.165, 1.54) is 13.8 Å². The van der Waals surface area contributed by atoms with Gasteiger partial charge in [-0.05, 0) is 38.3 Å². The van der Waals surface area contributed by atoms with E-state index in [0.717, 1.165) is 16.5 Å². The highest BCUT2D eigenvalue weighted by Gasteiger charge is 2.31. The Hall–Kier alpha value is -3.97. The Kier molecular flexibility index (Phi) is 9.93. The van der Waals surface area contributed by atoms with Crippen molar-refractivity contribution in [2.24, 2.45) is 11.5 Å². The van der Waals surface area contributed by atoms with Crippen LogP contribution < -0.4 is 27.4 Å². The van der Waals surface area contributed by atoms with Crippen molar-refractivity contribution in [1.29, 1.82) is 0 Å².